The number of methoxy groups -OCH3 is 1. The van der Waals surface area contributed by atoms with E-state index in [2.05, 4.69) is 31.7 Å². The molecule has 1 saturated heterocycles. The third kappa shape index (κ3) is 5.50. The minimum Gasteiger partial charge on any atom is -0.497 e. The van der Waals surface area contributed by atoms with E-state index < -0.39 is 0 Å². The highest BCUT2D eigenvalue weighted by Crippen LogP contribution is 2.27. The SMILES string of the molecule is COc1ccc(CCC(=O)N2CCN(Cc3cc(=O)oc4cc(C)c(C(C)C)cc34)CC2)cc1. The van der Waals surface area contributed by atoms with Gasteiger partial charge in [-0.05, 0) is 65.8 Å². The summed E-state index contributed by atoms with van der Waals surface area (Å²) in [5, 5.41) is 1.01. The van der Waals surface area contributed by atoms with Gasteiger partial charge in [0, 0.05) is 50.6 Å². The van der Waals surface area contributed by atoms with Crippen LogP contribution in [0.15, 0.2) is 51.7 Å². The summed E-state index contributed by atoms with van der Waals surface area (Å²) in [6, 6.07) is 13.7. The van der Waals surface area contributed by atoms with Crippen LogP contribution in [0, 0.1) is 6.92 Å². The van der Waals surface area contributed by atoms with Gasteiger partial charge in [0.05, 0.1) is 7.11 Å². The van der Waals surface area contributed by atoms with E-state index in [-0.39, 0.29) is 11.5 Å². The summed E-state index contributed by atoms with van der Waals surface area (Å²) < 4.78 is 10.7. The van der Waals surface area contributed by atoms with E-state index in [0.717, 1.165) is 47.3 Å². The zero-order chi connectivity index (χ0) is 24.2. The van der Waals surface area contributed by atoms with E-state index in [1.807, 2.05) is 35.2 Å². The fourth-order valence-corrected chi connectivity index (χ4v) is 4.74. The number of piperazine rings is 1. The summed E-state index contributed by atoms with van der Waals surface area (Å²) >= 11 is 0. The van der Waals surface area contributed by atoms with Crippen molar-refractivity contribution in [3.63, 3.8) is 0 Å². The van der Waals surface area contributed by atoms with Gasteiger partial charge >= 0.3 is 5.63 Å². The van der Waals surface area contributed by atoms with Crippen LogP contribution in [0.5, 0.6) is 5.75 Å². The molecule has 1 aliphatic heterocycles. The molecule has 2 aromatic carbocycles. The van der Waals surface area contributed by atoms with Crippen LogP contribution >= 0.6 is 0 Å². The fourth-order valence-electron chi connectivity index (χ4n) is 4.74. The molecule has 6 heteroatoms. The molecule has 34 heavy (non-hydrogen) atoms. The van der Waals surface area contributed by atoms with Gasteiger partial charge in [0.2, 0.25) is 5.91 Å². The maximum absolute atomic E-state index is 12.7. The zero-order valence-electron chi connectivity index (χ0n) is 20.6. The third-order valence-corrected chi connectivity index (χ3v) is 6.74. The van der Waals surface area contributed by atoms with Crippen LogP contribution in [-0.2, 0) is 17.8 Å². The molecule has 0 aliphatic carbocycles. The highest BCUT2D eigenvalue weighted by Gasteiger charge is 2.22. The summed E-state index contributed by atoms with van der Waals surface area (Å²) in [7, 11) is 1.65. The fraction of sp³-hybridized carbons (Fsp3) is 0.429. The summed E-state index contributed by atoms with van der Waals surface area (Å²) in [6.07, 6.45) is 1.24. The molecule has 0 radical (unpaired) electrons. The van der Waals surface area contributed by atoms with Crippen LogP contribution in [0.3, 0.4) is 0 Å². The van der Waals surface area contributed by atoms with E-state index >= 15 is 0 Å². The molecule has 4 rings (SSSR count). The van der Waals surface area contributed by atoms with Crippen LogP contribution in [0.25, 0.3) is 11.0 Å². The van der Waals surface area contributed by atoms with E-state index in [0.29, 0.717) is 37.6 Å². The molecule has 2 heterocycles. The number of amides is 1. The predicted octanol–water partition coefficient (Wildman–Crippen LogP) is 4.51. The van der Waals surface area contributed by atoms with Gasteiger partial charge in [-0.25, -0.2) is 4.79 Å². The lowest BCUT2D eigenvalue weighted by molar-refractivity contribution is -0.133. The number of benzene rings is 2. The number of hydrogen-bond acceptors (Lipinski definition) is 5. The molecule has 1 amide bonds. The first kappa shape index (κ1) is 24.0. The lowest BCUT2D eigenvalue weighted by Gasteiger charge is -2.35. The average Bonchev–Trinajstić information content (AvgIpc) is 2.82. The molecule has 1 fully saturated rings. The standard InChI is InChI=1S/C28H34N2O4/c1-19(2)24-17-25-22(16-28(32)34-26(25)15-20(24)3)18-29-11-13-30(14-12-29)27(31)10-7-21-5-8-23(33-4)9-6-21/h5-6,8-9,15-17,19H,7,10-14,18H2,1-4H3. The summed E-state index contributed by atoms with van der Waals surface area (Å²) in [5.41, 5.74) is 4.88. The van der Waals surface area contributed by atoms with Crippen LogP contribution in [-0.4, -0.2) is 49.0 Å². The summed E-state index contributed by atoms with van der Waals surface area (Å²) in [4.78, 5) is 29.2. The van der Waals surface area contributed by atoms with E-state index in [9.17, 15) is 9.59 Å². The van der Waals surface area contributed by atoms with Crippen molar-refractivity contribution in [1.29, 1.82) is 0 Å². The first-order valence-corrected chi connectivity index (χ1v) is 12.0. The normalized spacial score (nSPS) is 14.7. The van der Waals surface area contributed by atoms with Gasteiger partial charge in [0.15, 0.2) is 0 Å². The molecular weight excluding hydrogens is 428 g/mol. The molecule has 1 aliphatic rings. The Kier molecular flexibility index (Phi) is 7.37. The van der Waals surface area contributed by atoms with Crippen molar-refractivity contribution in [2.24, 2.45) is 0 Å². The van der Waals surface area contributed by atoms with Gasteiger partial charge in [-0.2, -0.15) is 0 Å². The molecule has 0 atom stereocenters. The first-order chi connectivity index (χ1) is 16.3. The number of carbonyl (C=O) groups excluding carboxylic acids is 1. The maximum atomic E-state index is 12.7. The molecule has 180 valence electrons. The minimum atomic E-state index is -0.313. The Bertz CT molecular complexity index is 1210. The second kappa shape index (κ2) is 10.4. The monoisotopic (exact) mass is 462 g/mol. The van der Waals surface area contributed by atoms with Gasteiger partial charge in [-0.3, -0.25) is 9.69 Å². The van der Waals surface area contributed by atoms with Crippen LogP contribution in [0.1, 0.15) is 48.4 Å². The molecule has 0 N–H and O–H groups in total. The Balaban J connectivity index is 1.37. The Labute approximate surface area is 201 Å². The van der Waals surface area contributed by atoms with Crippen molar-refractivity contribution in [1.82, 2.24) is 9.80 Å². The first-order valence-electron chi connectivity index (χ1n) is 12.0. The van der Waals surface area contributed by atoms with Crippen LogP contribution < -0.4 is 10.4 Å². The van der Waals surface area contributed by atoms with E-state index in [4.69, 9.17) is 9.15 Å². The van der Waals surface area contributed by atoms with E-state index in [1.54, 1.807) is 13.2 Å². The summed E-state index contributed by atoms with van der Waals surface area (Å²) in [5.74, 6) is 1.42. The number of ether oxygens (including phenoxy) is 1. The molecule has 0 unspecified atom stereocenters. The number of nitrogens with zero attached hydrogens (tertiary/aromatic N) is 2. The predicted molar refractivity (Wildman–Crippen MR) is 134 cm³/mol. The zero-order valence-corrected chi connectivity index (χ0v) is 20.6. The molecule has 0 spiro atoms. The second-order valence-electron chi connectivity index (χ2n) is 9.46. The van der Waals surface area contributed by atoms with Crippen LogP contribution in [0.4, 0.5) is 0 Å². The second-order valence-corrected chi connectivity index (χ2v) is 9.46. The number of fused-ring (bicyclic) bond motifs is 1. The average molecular weight is 463 g/mol. The lowest BCUT2D eigenvalue weighted by Crippen LogP contribution is -2.48. The smallest absolute Gasteiger partial charge is 0.336 e. The van der Waals surface area contributed by atoms with Gasteiger partial charge in [-0.15, -0.1) is 0 Å². The largest absolute Gasteiger partial charge is 0.497 e. The molecule has 1 aromatic heterocycles. The molecule has 0 bridgehead atoms. The Morgan fingerprint density at radius 3 is 2.41 bits per heavy atom. The molecule has 3 aromatic rings. The number of hydrogen-bond donors (Lipinski definition) is 0. The quantitative estimate of drug-likeness (QED) is 0.484. The van der Waals surface area contributed by atoms with Gasteiger partial charge in [0.1, 0.15) is 11.3 Å². The maximum Gasteiger partial charge on any atom is 0.336 e. The van der Waals surface area contributed by atoms with Crippen molar-refractivity contribution in [2.45, 2.75) is 46.1 Å². The highest BCUT2D eigenvalue weighted by atomic mass is 16.5. The van der Waals surface area contributed by atoms with E-state index in [1.165, 1.54) is 5.56 Å². The number of aryl methyl sites for hydroxylation is 2. The van der Waals surface area contributed by atoms with Gasteiger partial charge in [-0.1, -0.05) is 26.0 Å². The summed E-state index contributed by atoms with van der Waals surface area (Å²) in [6.45, 7) is 10.1. The minimum absolute atomic E-state index is 0.193. The topological polar surface area (TPSA) is 63.0 Å². The molecular formula is C28H34N2O4. The van der Waals surface area contributed by atoms with Crippen molar-refractivity contribution in [3.8, 4) is 5.75 Å². The van der Waals surface area contributed by atoms with Crippen LogP contribution in [0.2, 0.25) is 0 Å². The van der Waals surface area contributed by atoms with Crippen molar-refractivity contribution >= 4 is 16.9 Å². The van der Waals surface area contributed by atoms with Crippen molar-refractivity contribution in [2.75, 3.05) is 33.3 Å². The van der Waals surface area contributed by atoms with Gasteiger partial charge in [0.25, 0.3) is 0 Å². The van der Waals surface area contributed by atoms with Gasteiger partial charge < -0.3 is 14.1 Å². The number of carbonyl (C=O) groups is 1. The van der Waals surface area contributed by atoms with Crippen molar-refractivity contribution < 1.29 is 13.9 Å². The highest BCUT2D eigenvalue weighted by molar-refractivity contribution is 5.82. The van der Waals surface area contributed by atoms with Crippen molar-refractivity contribution in [3.05, 3.63) is 75.1 Å². The Hall–Kier alpha value is -3.12. The molecule has 6 nitrogen and oxygen atoms in total. The Morgan fingerprint density at radius 1 is 1.06 bits per heavy atom. The number of rotatable bonds is 7. The third-order valence-electron chi connectivity index (χ3n) is 6.74. The lowest BCUT2D eigenvalue weighted by atomic mass is 9.95. The Morgan fingerprint density at radius 2 is 1.76 bits per heavy atom. The molecule has 0 saturated carbocycles.